The molecule has 122 valence electrons. The minimum absolute atomic E-state index is 0.263. The number of nitrogens with zero attached hydrogens (tertiary/aromatic N) is 1. The molecule has 0 saturated carbocycles. The number of para-hydroxylation sites is 2. The van der Waals surface area contributed by atoms with Crippen molar-refractivity contribution in [1.82, 2.24) is 9.97 Å². The smallest absolute Gasteiger partial charge is 0.405 e. The Balaban J connectivity index is 2.09. The lowest BCUT2D eigenvalue weighted by atomic mass is 10.1. The van der Waals surface area contributed by atoms with Crippen LogP contribution in [0, 0.1) is 0 Å². The third-order valence-corrected chi connectivity index (χ3v) is 3.19. The van der Waals surface area contributed by atoms with E-state index in [-0.39, 0.29) is 22.3 Å². The van der Waals surface area contributed by atoms with Crippen LogP contribution >= 0.6 is 0 Å². The van der Waals surface area contributed by atoms with E-state index in [1.54, 1.807) is 12.1 Å². The Kier molecular flexibility index (Phi) is 3.80. The Bertz CT molecular complexity index is 980. The summed E-state index contributed by atoms with van der Waals surface area (Å²) < 4.78 is 41.2. The van der Waals surface area contributed by atoms with Gasteiger partial charge in [0.1, 0.15) is 5.75 Å². The molecule has 0 fully saturated rings. The molecular weight excluding hydrogens is 325 g/mol. The summed E-state index contributed by atoms with van der Waals surface area (Å²) >= 11 is 0. The first kappa shape index (κ1) is 15.7. The predicted molar refractivity (Wildman–Crippen MR) is 78.9 cm³/mol. The van der Waals surface area contributed by atoms with Crippen molar-refractivity contribution in [2.75, 3.05) is 0 Å². The number of hydrogen-bond acceptors (Lipinski definition) is 4. The molecule has 2 aromatic carbocycles. The quantitative estimate of drug-likeness (QED) is 0.747. The Morgan fingerprint density at radius 3 is 2.46 bits per heavy atom. The third-order valence-electron chi connectivity index (χ3n) is 3.19. The van der Waals surface area contributed by atoms with Crippen molar-refractivity contribution in [3.63, 3.8) is 0 Å². The van der Waals surface area contributed by atoms with Gasteiger partial charge in [-0.25, -0.2) is 4.98 Å². The molecule has 5 nitrogen and oxygen atoms in total. The second-order valence-electron chi connectivity index (χ2n) is 4.80. The van der Waals surface area contributed by atoms with Crippen LogP contribution in [0.3, 0.4) is 0 Å². The predicted octanol–water partition coefficient (Wildman–Crippen LogP) is 3.05. The van der Waals surface area contributed by atoms with Crippen molar-refractivity contribution in [3.8, 4) is 5.75 Å². The van der Waals surface area contributed by atoms with E-state index in [4.69, 9.17) is 0 Å². The van der Waals surface area contributed by atoms with E-state index in [1.807, 2.05) is 0 Å². The molecule has 0 aliphatic carbocycles. The highest BCUT2D eigenvalue weighted by Gasteiger charge is 2.33. The normalized spacial score (nSPS) is 11.5. The highest BCUT2D eigenvalue weighted by atomic mass is 19.4. The Morgan fingerprint density at radius 2 is 1.71 bits per heavy atom. The summed E-state index contributed by atoms with van der Waals surface area (Å²) in [5, 5.41) is 0.272. The minimum Gasteiger partial charge on any atom is -0.405 e. The fraction of sp³-hybridized carbons (Fsp3) is 0.0625. The monoisotopic (exact) mass is 334 g/mol. The Labute approximate surface area is 132 Å². The van der Waals surface area contributed by atoms with E-state index in [0.717, 1.165) is 6.07 Å². The van der Waals surface area contributed by atoms with Gasteiger partial charge in [-0.05, 0) is 24.3 Å². The fourth-order valence-corrected chi connectivity index (χ4v) is 2.19. The van der Waals surface area contributed by atoms with Crippen molar-refractivity contribution in [1.29, 1.82) is 0 Å². The first-order valence-corrected chi connectivity index (χ1v) is 6.74. The number of aromatic nitrogens is 2. The molecule has 0 saturated heterocycles. The van der Waals surface area contributed by atoms with Crippen LogP contribution in [-0.2, 0) is 0 Å². The summed E-state index contributed by atoms with van der Waals surface area (Å²) in [5.41, 5.74) is -0.648. The topological polar surface area (TPSA) is 72.0 Å². The number of fused-ring (bicyclic) bond motifs is 1. The molecule has 3 rings (SSSR count). The van der Waals surface area contributed by atoms with Crippen LogP contribution in [0.5, 0.6) is 5.75 Å². The third kappa shape index (κ3) is 3.12. The number of carbonyl (C=O) groups is 1. The Morgan fingerprint density at radius 1 is 1.04 bits per heavy atom. The number of benzene rings is 2. The van der Waals surface area contributed by atoms with E-state index < -0.39 is 23.5 Å². The van der Waals surface area contributed by atoms with Crippen molar-refractivity contribution >= 4 is 16.7 Å². The molecule has 0 atom stereocenters. The zero-order chi connectivity index (χ0) is 17.3. The number of halogens is 3. The highest BCUT2D eigenvalue weighted by Crippen LogP contribution is 2.27. The van der Waals surface area contributed by atoms with Crippen LogP contribution in [0.15, 0.2) is 53.3 Å². The van der Waals surface area contributed by atoms with Gasteiger partial charge in [0, 0.05) is 0 Å². The molecule has 3 aromatic rings. The second-order valence-corrected chi connectivity index (χ2v) is 4.80. The molecule has 1 aromatic heterocycles. The van der Waals surface area contributed by atoms with Crippen LogP contribution in [0.4, 0.5) is 13.2 Å². The van der Waals surface area contributed by atoms with Crippen molar-refractivity contribution in [3.05, 3.63) is 70.3 Å². The lowest BCUT2D eigenvalue weighted by Crippen LogP contribution is -2.21. The van der Waals surface area contributed by atoms with Gasteiger partial charge >= 0.3 is 6.36 Å². The van der Waals surface area contributed by atoms with Gasteiger partial charge in [0.15, 0.2) is 5.82 Å². The molecule has 0 unspecified atom stereocenters. The van der Waals surface area contributed by atoms with Crippen molar-refractivity contribution in [2.24, 2.45) is 0 Å². The molecule has 8 heteroatoms. The fourth-order valence-electron chi connectivity index (χ4n) is 2.19. The van der Waals surface area contributed by atoms with E-state index in [0.29, 0.717) is 0 Å². The molecule has 24 heavy (non-hydrogen) atoms. The summed E-state index contributed by atoms with van der Waals surface area (Å²) in [6.07, 6.45) is -4.94. The lowest BCUT2D eigenvalue weighted by Gasteiger charge is -2.12. The largest absolute Gasteiger partial charge is 0.573 e. The first-order chi connectivity index (χ1) is 11.3. The van der Waals surface area contributed by atoms with Crippen LogP contribution in [0.1, 0.15) is 16.2 Å². The number of aromatic amines is 1. The zero-order valence-corrected chi connectivity index (χ0v) is 11.9. The van der Waals surface area contributed by atoms with Crippen LogP contribution in [-0.4, -0.2) is 22.1 Å². The van der Waals surface area contributed by atoms with E-state index >= 15 is 0 Å². The number of rotatable bonds is 3. The molecule has 1 N–H and O–H groups in total. The number of ketones is 1. The van der Waals surface area contributed by atoms with E-state index in [2.05, 4.69) is 14.7 Å². The average molecular weight is 334 g/mol. The number of H-pyrrole nitrogens is 1. The number of carbonyl (C=O) groups excluding carboxylic acids is 1. The first-order valence-electron chi connectivity index (χ1n) is 6.74. The van der Waals surface area contributed by atoms with Crippen molar-refractivity contribution < 1.29 is 22.7 Å². The van der Waals surface area contributed by atoms with Crippen LogP contribution in [0.2, 0.25) is 0 Å². The molecule has 0 bridgehead atoms. The lowest BCUT2D eigenvalue weighted by molar-refractivity contribution is -0.274. The maximum Gasteiger partial charge on any atom is 0.573 e. The zero-order valence-electron chi connectivity index (χ0n) is 11.9. The van der Waals surface area contributed by atoms with Gasteiger partial charge in [-0.2, -0.15) is 0 Å². The molecule has 0 amide bonds. The Hall–Kier alpha value is -3.16. The molecule has 0 aliphatic rings. The molecule has 0 aliphatic heterocycles. The number of nitrogens with one attached hydrogen (secondary N) is 1. The summed E-state index contributed by atoms with van der Waals surface area (Å²) in [6.45, 7) is 0. The SMILES string of the molecule is O=C(c1nc2ccccc2c(=O)[nH]1)c1ccccc1OC(F)(F)F. The summed E-state index contributed by atoms with van der Waals surface area (Å²) in [4.78, 5) is 30.8. The van der Waals surface area contributed by atoms with Gasteiger partial charge in [-0.1, -0.05) is 24.3 Å². The maximum atomic E-state index is 12.5. The van der Waals surface area contributed by atoms with Crippen molar-refractivity contribution in [2.45, 2.75) is 6.36 Å². The van der Waals surface area contributed by atoms with Gasteiger partial charge in [0.25, 0.3) is 5.56 Å². The average Bonchev–Trinajstić information content (AvgIpc) is 2.53. The van der Waals surface area contributed by atoms with Crippen LogP contribution < -0.4 is 10.3 Å². The standard InChI is InChI=1S/C16H9F3N2O3/c17-16(18,19)24-12-8-4-2-6-10(12)13(22)14-20-11-7-3-1-5-9(11)15(23)21-14/h1-8H,(H,20,21,23). The molecule has 0 spiro atoms. The molecular formula is C16H9F3N2O3. The van der Waals surface area contributed by atoms with E-state index in [9.17, 15) is 22.8 Å². The number of alkyl halides is 3. The summed E-state index contributed by atoms with van der Waals surface area (Å²) in [7, 11) is 0. The second kappa shape index (κ2) is 5.80. The number of hydrogen-bond donors (Lipinski definition) is 1. The number of ether oxygens (including phenoxy) is 1. The maximum absolute atomic E-state index is 12.5. The van der Waals surface area contributed by atoms with E-state index in [1.165, 1.54) is 30.3 Å². The van der Waals surface area contributed by atoms with Gasteiger partial charge < -0.3 is 9.72 Å². The van der Waals surface area contributed by atoms with Crippen LogP contribution in [0.25, 0.3) is 10.9 Å². The summed E-state index contributed by atoms with van der Waals surface area (Å²) in [5.74, 6) is -1.90. The van der Waals surface area contributed by atoms with Gasteiger partial charge in [0.2, 0.25) is 5.78 Å². The van der Waals surface area contributed by atoms with Gasteiger partial charge in [0.05, 0.1) is 16.5 Å². The summed E-state index contributed by atoms with van der Waals surface area (Å²) in [6, 6.07) is 11.2. The molecule has 0 radical (unpaired) electrons. The van der Waals surface area contributed by atoms with Gasteiger partial charge in [-0.15, -0.1) is 13.2 Å². The highest BCUT2D eigenvalue weighted by molar-refractivity contribution is 6.09. The molecule has 1 heterocycles. The minimum atomic E-state index is -4.94. The van der Waals surface area contributed by atoms with Gasteiger partial charge in [-0.3, -0.25) is 9.59 Å².